The number of hydrogen-bond donors (Lipinski definition) is 4. The lowest BCUT2D eigenvalue weighted by Crippen LogP contribution is -2.44. The Labute approximate surface area is 396 Å². The van der Waals surface area contributed by atoms with Crippen LogP contribution in [0.3, 0.4) is 0 Å². The van der Waals surface area contributed by atoms with Gasteiger partial charge in [-0.1, -0.05) is 149 Å². The molecule has 0 radical (unpaired) electrons. The first-order chi connectivity index (χ1) is 31.2. The molecule has 0 aliphatic carbocycles. The van der Waals surface area contributed by atoms with E-state index in [-0.39, 0.29) is 0 Å². The van der Waals surface area contributed by atoms with E-state index < -0.39 is 24.4 Å². The van der Waals surface area contributed by atoms with Crippen LogP contribution in [-0.2, 0) is 0 Å². The van der Waals surface area contributed by atoms with Crippen molar-refractivity contribution in [2.45, 2.75) is 206 Å². The van der Waals surface area contributed by atoms with Crippen LogP contribution in [0.2, 0.25) is 0 Å². The first kappa shape index (κ1) is 61.6. The van der Waals surface area contributed by atoms with Gasteiger partial charge in [-0.2, -0.15) is 0 Å². The summed E-state index contributed by atoms with van der Waals surface area (Å²) in [6.45, 7) is 13.7. The molecule has 4 atom stereocenters. The van der Waals surface area contributed by atoms with E-state index in [1.54, 1.807) is 0 Å². The van der Waals surface area contributed by atoms with Gasteiger partial charge in [-0.3, -0.25) is 9.80 Å². The third kappa shape index (κ3) is 44.8. The van der Waals surface area contributed by atoms with Crippen LogP contribution in [0, 0.1) is 0 Å². The molecule has 370 valence electrons. The van der Waals surface area contributed by atoms with E-state index in [2.05, 4.69) is 147 Å². The third-order valence-electron chi connectivity index (χ3n) is 11.8. The van der Waals surface area contributed by atoms with Crippen LogP contribution in [0.25, 0.3) is 0 Å². The molecule has 0 heterocycles. The summed E-state index contributed by atoms with van der Waals surface area (Å²) >= 11 is 0. The summed E-state index contributed by atoms with van der Waals surface area (Å²) in [5, 5.41) is 44.6. The van der Waals surface area contributed by atoms with Crippen molar-refractivity contribution < 1.29 is 20.4 Å². The molecule has 0 aliphatic rings. The maximum Gasteiger partial charge on any atom is 0.0667 e. The third-order valence-corrected chi connectivity index (χ3v) is 11.8. The Kier molecular flexibility index (Phi) is 46.8. The minimum absolute atomic E-state index is 0.407. The van der Waals surface area contributed by atoms with E-state index in [1.165, 1.54) is 0 Å². The summed E-state index contributed by atoms with van der Waals surface area (Å²) in [7, 11) is 2.15. The molecule has 0 rings (SSSR count). The Morgan fingerprint density at radius 2 is 0.562 bits per heavy atom. The Morgan fingerprint density at radius 1 is 0.312 bits per heavy atom. The molecule has 64 heavy (non-hydrogen) atoms. The molecule has 0 bridgehead atoms. The van der Waals surface area contributed by atoms with Crippen LogP contribution in [-0.4, -0.2) is 119 Å². The molecule has 0 aromatic carbocycles. The number of likely N-dealkylation sites (N-methyl/N-ethyl adjacent to an activating group) is 1. The molecule has 7 heteroatoms. The predicted molar refractivity (Wildman–Crippen MR) is 281 cm³/mol. The van der Waals surface area contributed by atoms with Crippen molar-refractivity contribution >= 4 is 0 Å². The molecule has 4 N–H and O–H groups in total. The van der Waals surface area contributed by atoms with Crippen molar-refractivity contribution in [3.8, 4) is 0 Å². The lowest BCUT2D eigenvalue weighted by atomic mass is 10.1. The molecule has 0 fully saturated rings. The average Bonchev–Trinajstić information content (AvgIpc) is 3.27. The number of aliphatic hydroxyl groups is 4. The highest BCUT2D eigenvalue weighted by atomic mass is 16.3. The second kappa shape index (κ2) is 48.6. The van der Waals surface area contributed by atoms with Crippen molar-refractivity contribution in [1.82, 2.24) is 14.7 Å². The van der Waals surface area contributed by atoms with Crippen LogP contribution >= 0.6 is 0 Å². The SMILES string of the molecule is C/C=C\C/C=C\CCCCCC(O)CN(CCN(C)CCN(CC(O)CCCCC/C=C\C/C=C\C)CC(O)CCCCC/C=C\C/C=C\C)CC(O)CCCCC/C=C\C/C=C\C. The first-order valence-corrected chi connectivity index (χ1v) is 26.2. The molecular formula is C57H103N3O4. The Bertz CT molecular complexity index is 1050. The summed E-state index contributed by atoms with van der Waals surface area (Å²) in [6, 6.07) is 0. The van der Waals surface area contributed by atoms with Gasteiger partial charge in [-0.05, 0) is 137 Å². The van der Waals surface area contributed by atoms with E-state index in [1.807, 2.05) is 0 Å². The zero-order valence-electron chi connectivity index (χ0n) is 42.3. The highest BCUT2D eigenvalue weighted by Gasteiger charge is 2.19. The largest absolute Gasteiger partial charge is 0.392 e. The smallest absolute Gasteiger partial charge is 0.0667 e. The van der Waals surface area contributed by atoms with Gasteiger partial charge in [0, 0.05) is 52.4 Å². The normalized spacial score (nSPS) is 15.1. The molecule has 0 aliphatic heterocycles. The quantitative estimate of drug-likeness (QED) is 0.0357. The van der Waals surface area contributed by atoms with Gasteiger partial charge in [0.2, 0.25) is 0 Å². The van der Waals surface area contributed by atoms with Crippen molar-refractivity contribution in [3.05, 3.63) is 97.2 Å². The average molecular weight is 894 g/mol. The van der Waals surface area contributed by atoms with E-state index in [0.717, 1.165) is 180 Å². The Morgan fingerprint density at radius 3 is 0.797 bits per heavy atom. The minimum atomic E-state index is -0.407. The topological polar surface area (TPSA) is 90.6 Å². The maximum atomic E-state index is 11.1. The lowest BCUT2D eigenvalue weighted by Gasteiger charge is -2.31. The summed E-state index contributed by atoms with van der Waals surface area (Å²) in [5.41, 5.74) is 0. The molecule has 4 unspecified atom stereocenters. The van der Waals surface area contributed by atoms with E-state index in [0.29, 0.717) is 26.2 Å². The standard InChI is InChI=1S/C57H103N3O4/c1-6-10-14-18-22-26-30-34-38-42-54(61)50-59(51-55(62)43-39-35-31-27-23-19-15-11-7-2)48-46-58(5)47-49-60(52-56(63)44-40-36-32-28-24-20-16-12-8-3)53-57(64)45-41-37-33-29-25-21-17-13-9-4/h6-13,18-25,54-57,61-64H,14-17,26-53H2,1-5H3/b10-6-,11-7-,12-8-,13-9-,22-18-,23-19-,24-20-,25-21-. The fourth-order valence-electron chi connectivity index (χ4n) is 7.80. The van der Waals surface area contributed by atoms with Crippen LogP contribution in [0.1, 0.15) is 182 Å². The number of aliphatic hydroxyl groups excluding tert-OH is 4. The molecule has 0 aromatic rings. The van der Waals surface area contributed by atoms with E-state index in [9.17, 15) is 20.4 Å². The summed E-state index contributed by atoms with van der Waals surface area (Å²) in [6.07, 6.45) is 58.0. The number of hydrogen-bond acceptors (Lipinski definition) is 7. The molecule has 0 saturated heterocycles. The zero-order chi connectivity index (χ0) is 47.0. The minimum Gasteiger partial charge on any atom is -0.392 e. The number of allylic oxidation sites excluding steroid dienone is 16. The van der Waals surface area contributed by atoms with Crippen molar-refractivity contribution in [2.24, 2.45) is 0 Å². The van der Waals surface area contributed by atoms with E-state index in [4.69, 9.17) is 0 Å². The molecule has 0 saturated carbocycles. The van der Waals surface area contributed by atoms with Gasteiger partial charge in [0.05, 0.1) is 24.4 Å². The van der Waals surface area contributed by atoms with Crippen molar-refractivity contribution in [2.75, 3.05) is 59.4 Å². The van der Waals surface area contributed by atoms with Gasteiger partial charge in [0.25, 0.3) is 0 Å². The van der Waals surface area contributed by atoms with Gasteiger partial charge in [0.15, 0.2) is 0 Å². The van der Waals surface area contributed by atoms with Crippen molar-refractivity contribution in [3.63, 3.8) is 0 Å². The number of rotatable bonds is 46. The first-order valence-electron chi connectivity index (χ1n) is 26.2. The van der Waals surface area contributed by atoms with Crippen molar-refractivity contribution in [1.29, 1.82) is 0 Å². The lowest BCUT2D eigenvalue weighted by molar-refractivity contribution is 0.0492. The zero-order valence-corrected chi connectivity index (χ0v) is 42.3. The second-order valence-electron chi connectivity index (χ2n) is 18.1. The monoisotopic (exact) mass is 894 g/mol. The van der Waals surface area contributed by atoms with Crippen LogP contribution in [0.5, 0.6) is 0 Å². The number of nitrogens with zero attached hydrogens (tertiary/aromatic N) is 3. The molecule has 0 amide bonds. The molecule has 0 aromatic heterocycles. The fraction of sp³-hybridized carbons (Fsp3) is 0.719. The van der Waals surface area contributed by atoms with Crippen LogP contribution in [0.15, 0.2) is 97.2 Å². The Hall–Kier alpha value is -2.36. The predicted octanol–water partition coefficient (Wildman–Crippen LogP) is 12.9. The van der Waals surface area contributed by atoms with Gasteiger partial charge in [-0.15, -0.1) is 0 Å². The summed E-state index contributed by atoms with van der Waals surface area (Å²) in [5.74, 6) is 0. The maximum absolute atomic E-state index is 11.1. The highest BCUT2D eigenvalue weighted by Crippen LogP contribution is 2.14. The molecule has 0 spiro atoms. The van der Waals surface area contributed by atoms with Gasteiger partial charge in [0.1, 0.15) is 0 Å². The molecule has 7 nitrogen and oxygen atoms in total. The van der Waals surface area contributed by atoms with Crippen LogP contribution < -0.4 is 0 Å². The summed E-state index contributed by atoms with van der Waals surface area (Å²) < 4.78 is 0. The van der Waals surface area contributed by atoms with Gasteiger partial charge >= 0.3 is 0 Å². The van der Waals surface area contributed by atoms with E-state index >= 15 is 0 Å². The number of unbranched alkanes of at least 4 members (excludes halogenated alkanes) is 12. The van der Waals surface area contributed by atoms with Crippen LogP contribution in [0.4, 0.5) is 0 Å². The summed E-state index contributed by atoms with van der Waals surface area (Å²) in [4.78, 5) is 6.89. The molecular weight excluding hydrogens is 791 g/mol. The second-order valence-corrected chi connectivity index (χ2v) is 18.1. The fourth-order valence-corrected chi connectivity index (χ4v) is 7.80. The highest BCUT2D eigenvalue weighted by molar-refractivity contribution is 4.93. The van der Waals surface area contributed by atoms with Gasteiger partial charge in [-0.25, -0.2) is 0 Å². The Balaban J connectivity index is 5.28. The van der Waals surface area contributed by atoms with Gasteiger partial charge < -0.3 is 25.3 Å².